The number of halogens is 4. The summed E-state index contributed by atoms with van der Waals surface area (Å²) in [5, 5.41) is 6.88. The minimum absolute atomic E-state index is 0.00195. The molecule has 0 bridgehead atoms. The number of imidazole rings is 1. The molecule has 14 heteroatoms. The second-order valence-electron chi connectivity index (χ2n) is 10.8. The summed E-state index contributed by atoms with van der Waals surface area (Å²) in [5.74, 6) is -1.34. The van der Waals surface area contributed by atoms with Gasteiger partial charge in [-0.05, 0) is 39.8 Å². The number of aromatic nitrogens is 4. The fourth-order valence-electron chi connectivity index (χ4n) is 4.71. The smallest absolute Gasteiger partial charge is 0.410 e. The molecule has 41 heavy (non-hydrogen) atoms. The molecule has 4 heterocycles. The molecule has 4 aromatic rings. The van der Waals surface area contributed by atoms with E-state index in [1.807, 2.05) is 4.90 Å². The topological polar surface area (TPSA) is 97.0 Å². The van der Waals surface area contributed by atoms with Crippen LogP contribution >= 0.6 is 0 Å². The van der Waals surface area contributed by atoms with Gasteiger partial charge in [-0.1, -0.05) is 0 Å². The number of aryl methyl sites for hydroxylation is 1. The third-order valence-electron chi connectivity index (χ3n) is 6.53. The van der Waals surface area contributed by atoms with E-state index in [-0.39, 0.29) is 27.8 Å². The van der Waals surface area contributed by atoms with Gasteiger partial charge >= 0.3 is 6.09 Å². The molecule has 2 amide bonds. The van der Waals surface area contributed by atoms with Crippen LogP contribution in [0.5, 0.6) is 0 Å². The van der Waals surface area contributed by atoms with Crippen LogP contribution in [0.2, 0.25) is 0 Å². The van der Waals surface area contributed by atoms with E-state index in [0.29, 0.717) is 42.2 Å². The van der Waals surface area contributed by atoms with Crippen LogP contribution in [0.15, 0.2) is 36.8 Å². The monoisotopic (exact) mass is 575 g/mol. The SMILES string of the molecule is Cc1cn2cc(NC(=O)c3ccc(N4CCN(C(=O)OC(C)(C)C)CC4)c4cn(C(F)C(F)F)nc34)cc(F)c2n1. The van der Waals surface area contributed by atoms with Gasteiger partial charge < -0.3 is 24.3 Å². The molecule has 1 saturated heterocycles. The van der Waals surface area contributed by atoms with Crippen molar-refractivity contribution >= 4 is 39.9 Å². The van der Waals surface area contributed by atoms with Crippen LogP contribution in [-0.2, 0) is 4.74 Å². The van der Waals surface area contributed by atoms with Gasteiger partial charge in [0.15, 0.2) is 11.5 Å². The van der Waals surface area contributed by atoms with E-state index in [1.54, 1.807) is 44.9 Å². The first kappa shape index (κ1) is 28.2. The van der Waals surface area contributed by atoms with Crippen molar-refractivity contribution in [2.24, 2.45) is 0 Å². The van der Waals surface area contributed by atoms with E-state index in [2.05, 4.69) is 15.4 Å². The molecule has 0 aliphatic carbocycles. The van der Waals surface area contributed by atoms with Crippen molar-refractivity contribution in [1.82, 2.24) is 24.1 Å². The summed E-state index contributed by atoms with van der Waals surface area (Å²) in [6.45, 7) is 8.45. The zero-order valence-electron chi connectivity index (χ0n) is 22.9. The number of amides is 2. The van der Waals surface area contributed by atoms with Gasteiger partial charge in [0.25, 0.3) is 18.6 Å². The summed E-state index contributed by atoms with van der Waals surface area (Å²) in [5.41, 5.74) is 0.684. The number of pyridine rings is 1. The molecule has 3 aromatic heterocycles. The fraction of sp³-hybridized carbons (Fsp3) is 0.407. The largest absolute Gasteiger partial charge is 0.444 e. The Morgan fingerprint density at radius 2 is 1.76 bits per heavy atom. The lowest BCUT2D eigenvalue weighted by atomic mass is 10.1. The van der Waals surface area contributed by atoms with Crippen molar-refractivity contribution < 1.29 is 31.9 Å². The highest BCUT2D eigenvalue weighted by atomic mass is 19.3. The maximum atomic E-state index is 14.5. The number of hydrogen-bond acceptors (Lipinski definition) is 6. The first-order valence-corrected chi connectivity index (χ1v) is 12.9. The van der Waals surface area contributed by atoms with E-state index < -0.39 is 36.1 Å². The highest BCUT2D eigenvalue weighted by molar-refractivity contribution is 6.14. The molecule has 5 rings (SSSR count). The number of nitrogens with one attached hydrogen (secondary N) is 1. The van der Waals surface area contributed by atoms with Crippen LogP contribution < -0.4 is 10.2 Å². The Kier molecular flexibility index (Phi) is 7.26. The van der Waals surface area contributed by atoms with Gasteiger partial charge in [-0.3, -0.25) is 4.79 Å². The highest BCUT2D eigenvalue weighted by Gasteiger charge is 2.29. The number of alkyl halides is 3. The van der Waals surface area contributed by atoms with Crippen LogP contribution in [0.25, 0.3) is 16.6 Å². The number of piperazine rings is 1. The number of carbonyl (C=O) groups is 2. The van der Waals surface area contributed by atoms with E-state index in [0.717, 1.165) is 12.3 Å². The Hall–Kier alpha value is -4.36. The Labute approximate surface area is 232 Å². The molecule has 1 aliphatic heterocycles. The van der Waals surface area contributed by atoms with Crippen LogP contribution in [0.4, 0.5) is 33.7 Å². The van der Waals surface area contributed by atoms with Crippen molar-refractivity contribution in [3.05, 3.63) is 53.9 Å². The Morgan fingerprint density at radius 1 is 1.05 bits per heavy atom. The molecular weight excluding hydrogens is 546 g/mol. The van der Waals surface area contributed by atoms with Crippen LogP contribution in [-0.4, -0.2) is 74.3 Å². The number of rotatable bonds is 5. The van der Waals surface area contributed by atoms with Crippen LogP contribution in [0.3, 0.4) is 0 Å². The number of ether oxygens (including phenoxy) is 1. The van der Waals surface area contributed by atoms with Crippen molar-refractivity contribution in [2.45, 2.75) is 46.0 Å². The molecule has 1 aliphatic rings. The lowest BCUT2D eigenvalue weighted by molar-refractivity contribution is 0.00117. The van der Waals surface area contributed by atoms with Gasteiger partial charge in [0.2, 0.25) is 0 Å². The second-order valence-corrected chi connectivity index (χ2v) is 10.8. The summed E-state index contributed by atoms with van der Waals surface area (Å²) in [6, 6.07) is 4.18. The molecule has 1 unspecified atom stereocenters. The lowest BCUT2D eigenvalue weighted by Gasteiger charge is -2.37. The zero-order chi connectivity index (χ0) is 29.6. The van der Waals surface area contributed by atoms with Gasteiger partial charge in [-0.15, -0.1) is 0 Å². The maximum absolute atomic E-state index is 14.5. The summed E-state index contributed by atoms with van der Waals surface area (Å²) in [7, 11) is 0. The molecular formula is C27H29F4N7O3. The molecule has 1 atom stereocenters. The van der Waals surface area contributed by atoms with E-state index in [4.69, 9.17) is 4.74 Å². The summed E-state index contributed by atoms with van der Waals surface area (Å²) < 4.78 is 62.7. The van der Waals surface area contributed by atoms with Crippen molar-refractivity contribution in [2.75, 3.05) is 36.4 Å². The quantitative estimate of drug-likeness (QED) is 0.330. The Balaban J connectivity index is 1.45. The average molecular weight is 576 g/mol. The van der Waals surface area contributed by atoms with Gasteiger partial charge in [-0.2, -0.15) is 5.10 Å². The van der Waals surface area contributed by atoms with Crippen LogP contribution in [0.1, 0.15) is 43.1 Å². The van der Waals surface area contributed by atoms with Crippen molar-refractivity contribution in [3.63, 3.8) is 0 Å². The van der Waals surface area contributed by atoms with E-state index in [1.165, 1.54) is 16.7 Å². The van der Waals surface area contributed by atoms with Crippen LogP contribution in [0, 0.1) is 12.7 Å². The number of anilines is 2. The Morgan fingerprint density at radius 3 is 2.41 bits per heavy atom. The van der Waals surface area contributed by atoms with E-state index in [9.17, 15) is 27.2 Å². The molecule has 218 valence electrons. The summed E-state index contributed by atoms with van der Waals surface area (Å²) in [4.78, 5) is 33.3. The molecule has 0 spiro atoms. The number of benzene rings is 1. The molecule has 1 N–H and O–H groups in total. The van der Waals surface area contributed by atoms with Gasteiger partial charge in [0.05, 0.1) is 16.9 Å². The van der Waals surface area contributed by atoms with E-state index >= 15 is 0 Å². The minimum Gasteiger partial charge on any atom is -0.444 e. The first-order chi connectivity index (χ1) is 19.3. The number of hydrogen-bond donors (Lipinski definition) is 1. The van der Waals surface area contributed by atoms with Crippen molar-refractivity contribution in [3.8, 4) is 0 Å². The minimum atomic E-state index is -3.34. The third-order valence-corrected chi connectivity index (χ3v) is 6.53. The molecule has 0 saturated carbocycles. The van der Waals surface area contributed by atoms with Gasteiger partial charge in [-0.25, -0.2) is 32.0 Å². The molecule has 1 aromatic carbocycles. The standard InChI is InChI=1S/C27H29F4N7O3/c1-15-12-37-13-16(11-19(28)24(37)32-15)33-25(39)17-5-6-20(18-14-38(34-21(17)18)23(31)22(29)30)35-7-9-36(10-8-35)26(40)41-27(2,3)4/h5-6,11-14,22-23H,7-10H2,1-4H3,(H,33,39). The summed E-state index contributed by atoms with van der Waals surface area (Å²) in [6.07, 6.45) is -2.29. The zero-order valence-corrected chi connectivity index (χ0v) is 22.9. The van der Waals surface area contributed by atoms with Crippen molar-refractivity contribution in [1.29, 1.82) is 0 Å². The predicted octanol–water partition coefficient (Wildman–Crippen LogP) is 5.17. The fourth-order valence-corrected chi connectivity index (χ4v) is 4.71. The molecule has 10 nitrogen and oxygen atoms in total. The number of nitrogens with zero attached hydrogens (tertiary/aromatic N) is 6. The first-order valence-electron chi connectivity index (χ1n) is 12.9. The predicted molar refractivity (Wildman–Crippen MR) is 144 cm³/mol. The van der Waals surface area contributed by atoms with Gasteiger partial charge in [0, 0.05) is 61.9 Å². The lowest BCUT2D eigenvalue weighted by Crippen LogP contribution is -2.50. The Bertz CT molecular complexity index is 1620. The third kappa shape index (κ3) is 5.77. The second kappa shape index (κ2) is 10.6. The highest BCUT2D eigenvalue weighted by Crippen LogP contribution is 2.32. The molecule has 0 radical (unpaired) electrons. The average Bonchev–Trinajstić information content (AvgIpc) is 3.50. The van der Waals surface area contributed by atoms with Gasteiger partial charge in [0.1, 0.15) is 11.1 Å². The molecule has 1 fully saturated rings. The maximum Gasteiger partial charge on any atom is 0.410 e. The number of fused-ring (bicyclic) bond motifs is 2. The number of carbonyl (C=O) groups excluding carboxylic acids is 2. The normalized spacial score (nSPS) is 15.1. The summed E-state index contributed by atoms with van der Waals surface area (Å²) >= 11 is 0.